The van der Waals surface area contributed by atoms with Crippen molar-refractivity contribution in [3.8, 4) is 0 Å². The summed E-state index contributed by atoms with van der Waals surface area (Å²) < 4.78 is 0. The molecule has 17 heavy (non-hydrogen) atoms. The third-order valence-corrected chi connectivity index (χ3v) is 1.62. The molecule has 0 amide bonds. The molecule has 0 N–H and O–H groups in total. The van der Waals surface area contributed by atoms with Crippen LogP contribution in [0.1, 0.15) is 27.7 Å². The fourth-order valence-electron chi connectivity index (χ4n) is 1.06. The van der Waals surface area contributed by atoms with Crippen molar-refractivity contribution in [3.63, 3.8) is 0 Å². The van der Waals surface area contributed by atoms with E-state index in [0.29, 0.717) is 0 Å². The van der Waals surface area contributed by atoms with Crippen LogP contribution in [0.4, 0.5) is 0 Å². The number of halogens is 2. The molecule has 0 spiro atoms. The zero-order chi connectivity index (χ0) is 13.3. The SMILES string of the molecule is C[C]1[C][C][C](C)[C]1.C[C]1[C][C][C](C)[C]1.[Cl][Zr][Cl]. The molecule has 2 aliphatic rings. The molecule has 0 aliphatic heterocycles. The molecule has 2 rings (SSSR count). The van der Waals surface area contributed by atoms with Crippen LogP contribution in [0.25, 0.3) is 0 Å². The maximum atomic E-state index is 4.93. The molecule has 86 valence electrons. The van der Waals surface area contributed by atoms with Gasteiger partial charge in [0, 0.05) is 0 Å². The van der Waals surface area contributed by atoms with Crippen molar-refractivity contribution in [3.05, 3.63) is 62.2 Å². The zero-order valence-electron chi connectivity index (χ0n) is 10.3. The third kappa shape index (κ3) is 11.0. The summed E-state index contributed by atoms with van der Waals surface area (Å²) in [5.74, 6) is 4.21. The molecule has 0 nitrogen and oxygen atoms in total. The van der Waals surface area contributed by atoms with Gasteiger partial charge in [-0.15, -0.1) is 0 Å². The second-order valence-corrected chi connectivity index (χ2v) is 7.05. The van der Waals surface area contributed by atoms with Gasteiger partial charge in [0.2, 0.25) is 0 Å². The average molecular weight is 342 g/mol. The van der Waals surface area contributed by atoms with E-state index in [1.165, 1.54) is 0 Å². The first-order valence-corrected chi connectivity index (χ1v) is 11.2. The van der Waals surface area contributed by atoms with Crippen LogP contribution in [0.3, 0.4) is 0 Å². The van der Waals surface area contributed by atoms with Gasteiger partial charge in [0.15, 0.2) is 0 Å². The van der Waals surface area contributed by atoms with Gasteiger partial charge in [-0.25, -0.2) is 0 Å². The number of hydrogen-bond acceptors (Lipinski definition) is 0. The van der Waals surface area contributed by atoms with Crippen molar-refractivity contribution in [2.24, 2.45) is 0 Å². The zero-order valence-corrected chi connectivity index (χ0v) is 14.2. The summed E-state index contributed by atoms with van der Waals surface area (Å²) in [5, 5.41) is 0. The van der Waals surface area contributed by atoms with Crippen molar-refractivity contribution in [1.29, 1.82) is 0 Å². The van der Waals surface area contributed by atoms with Gasteiger partial charge in [0.05, 0.1) is 0 Å². The van der Waals surface area contributed by atoms with Crippen molar-refractivity contribution in [2.75, 3.05) is 0 Å². The Labute approximate surface area is 127 Å². The van der Waals surface area contributed by atoms with E-state index in [-0.39, 0.29) is 0 Å². The van der Waals surface area contributed by atoms with E-state index >= 15 is 0 Å². The average Bonchev–Trinajstić information content (AvgIpc) is 2.78. The Morgan fingerprint density at radius 2 is 0.824 bits per heavy atom. The van der Waals surface area contributed by atoms with Crippen molar-refractivity contribution >= 4 is 17.0 Å². The topological polar surface area (TPSA) is 0 Å². The second-order valence-electron chi connectivity index (χ2n) is 3.32. The van der Waals surface area contributed by atoms with Gasteiger partial charge >= 0.3 is 37.9 Å². The van der Waals surface area contributed by atoms with E-state index in [9.17, 15) is 0 Å². The van der Waals surface area contributed by atoms with Crippen LogP contribution >= 0.6 is 17.0 Å². The van der Waals surface area contributed by atoms with Crippen LogP contribution in [0.5, 0.6) is 0 Å². The minimum absolute atomic E-state index is 0.826. The maximum absolute atomic E-state index is 4.93. The van der Waals surface area contributed by atoms with Crippen LogP contribution in [0.15, 0.2) is 0 Å². The van der Waals surface area contributed by atoms with E-state index < -0.39 is 20.8 Å². The Balaban J connectivity index is 0.000000247. The third-order valence-electron chi connectivity index (χ3n) is 1.62. The second kappa shape index (κ2) is 11.3. The van der Waals surface area contributed by atoms with E-state index in [4.69, 9.17) is 17.0 Å². The molecule has 2 fully saturated rings. The predicted octanol–water partition coefficient (Wildman–Crippen LogP) is 4.24. The Kier molecular flexibility index (Phi) is 12.3. The molecular weight excluding hydrogens is 330 g/mol. The van der Waals surface area contributed by atoms with Crippen molar-refractivity contribution < 1.29 is 20.8 Å². The van der Waals surface area contributed by atoms with Crippen LogP contribution in [0.2, 0.25) is 0 Å². The fourth-order valence-corrected chi connectivity index (χ4v) is 1.06. The van der Waals surface area contributed by atoms with Crippen LogP contribution in [-0.4, -0.2) is 0 Å². The van der Waals surface area contributed by atoms with Gasteiger partial charge in [-0.3, -0.25) is 0 Å². The minimum atomic E-state index is -0.826. The normalized spacial score (nSPS) is 22.7. The van der Waals surface area contributed by atoms with E-state index in [0.717, 1.165) is 23.7 Å². The van der Waals surface area contributed by atoms with Crippen molar-refractivity contribution in [1.82, 2.24) is 0 Å². The Morgan fingerprint density at radius 3 is 0.882 bits per heavy atom. The summed E-state index contributed by atoms with van der Waals surface area (Å²) in [6.07, 6.45) is 17.6. The van der Waals surface area contributed by atoms with Gasteiger partial charge in [0.25, 0.3) is 0 Å². The first-order valence-electron chi connectivity index (χ1n) is 4.88. The molecule has 0 aromatic heterocycles. The molecule has 0 saturated heterocycles. The summed E-state index contributed by atoms with van der Waals surface area (Å²) >= 11 is -0.826. The van der Waals surface area contributed by atoms with Gasteiger partial charge in [-0.05, 0) is 62.2 Å². The number of hydrogen-bond donors (Lipinski definition) is 0. The molecule has 0 bridgehead atoms. The molecule has 0 aromatic carbocycles. The summed E-state index contributed by atoms with van der Waals surface area (Å²) in [6, 6.07) is 0. The first kappa shape index (κ1) is 18.5. The van der Waals surface area contributed by atoms with Gasteiger partial charge in [-0.2, -0.15) is 0 Å². The number of rotatable bonds is 0. The molecule has 16 radical (unpaired) electrons. The van der Waals surface area contributed by atoms with E-state index in [1.54, 1.807) is 0 Å². The van der Waals surface area contributed by atoms with Crippen LogP contribution in [0, 0.1) is 62.2 Å². The van der Waals surface area contributed by atoms with Crippen LogP contribution < -0.4 is 0 Å². The molecule has 0 atom stereocenters. The van der Waals surface area contributed by atoms with E-state index in [1.807, 2.05) is 27.7 Å². The molecule has 2 saturated carbocycles. The molecular formula is C14H12Cl2Zr. The molecule has 3 heteroatoms. The van der Waals surface area contributed by atoms with Crippen LogP contribution in [-0.2, 0) is 20.8 Å². The summed E-state index contributed by atoms with van der Waals surface area (Å²) in [6.45, 7) is 7.85. The van der Waals surface area contributed by atoms with Crippen molar-refractivity contribution in [2.45, 2.75) is 27.7 Å². The summed E-state index contributed by atoms with van der Waals surface area (Å²) in [7, 11) is 9.87. The van der Waals surface area contributed by atoms with Gasteiger partial charge in [0.1, 0.15) is 0 Å². The quantitative estimate of drug-likeness (QED) is 0.618. The van der Waals surface area contributed by atoms with E-state index in [2.05, 4.69) is 38.5 Å². The fraction of sp³-hybridized carbons (Fsp3) is 0.286. The Bertz CT molecular complexity index is 142. The molecule has 0 aromatic rings. The molecule has 2 aliphatic carbocycles. The Morgan fingerprint density at radius 1 is 0.647 bits per heavy atom. The molecule has 0 unspecified atom stereocenters. The first-order chi connectivity index (χ1) is 7.99. The van der Waals surface area contributed by atoms with Gasteiger partial charge in [-0.1, -0.05) is 27.7 Å². The summed E-state index contributed by atoms with van der Waals surface area (Å²) in [4.78, 5) is 0. The standard InChI is InChI=1S/2C7H6.2ClH.Zr/c2*1-6-3-4-7(2)5-6;;;/h2*1-2H3;2*1H;/q;;;;+2/p-2. The van der Waals surface area contributed by atoms with Gasteiger partial charge < -0.3 is 0 Å². The Hall–Kier alpha value is 1.46. The monoisotopic (exact) mass is 340 g/mol. The molecule has 0 heterocycles. The summed E-state index contributed by atoms with van der Waals surface area (Å²) in [5.41, 5.74) is 0. The predicted molar refractivity (Wildman–Crippen MR) is 66.8 cm³/mol.